The molecule has 1 saturated heterocycles. The Morgan fingerprint density at radius 2 is 2.11 bits per heavy atom. The standard InChI is InChI=1S/C13H17BrN2O2/c1-9(15)10-2-3-11(12(14)8-10)13(17)16-4-6-18-7-5-16/h2-3,8-9H,4-7,15H2,1H3. The largest absolute Gasteiger partial charge is 0.378 e. The number of morpholine rings is 1. The third kappa shape index (κ3) is 2.91. The summed E-state index contributed by atoms with van der Waals surface area (Å²) in [6, 6.07) is 5.62. The van der Waals surface area contributed by atoms with Crippen molar-refractivity contribution in [2.24, 2.45) is 5.73 Å². The van der Waals surface area contributed by atoms with E-state index in [1.807, 2.05) is 30.0 Å². The molecule has 1 aromatic rings. The van der Waals surface area contributed by atoms with Crippen molar-refractivity contribution >= 4 is 21.8 Å². The summed E-state index contributed by atoms with van der Waals surface area (Å²) in [5.41, 5.74) is 7.51. The molecular weight excluding hydrogens is 296 g/mol. The fraction of sp³-hybridized carbons (Fsp3) is 0.462. The fourth-order valence-corrected chi connectivity index (χ4v) is 2.49. The summed E-state index contributed by atoms with van der Waals surface area (Å²) in [7, 11) is 0. The molecule has 4 nitrogen and oxygen atoms in total. The zero-order valence-electron chi connectivity index (χ0n) is 10.4. The highest BCUT2D eigenvalue weighted by Gasteiger charge is 2.20. The van der Waals surface area contributed by atoms with Crippen molar-refractivity contribution in [3.05, 3.63) is 33.8 Å². The van der Waals surface area contributed by atoms with Crippen molar-refractivity contribution in [1.29, 1.82) is 0 Å². The van der Waals surface area contributed by atoms with E-state index in [1.54, 1.807) is 0 Å². The maximum Gasteiger partial charge on any atom is 0.255 e. The molecule has 2 N–H and O–H groups in total. The van der Waals surface area contributed by atoms with E-state index in [0.717, 1.165) is 10.0 Å². The van der Waals surface area contributed by atoms with Gasteiger partial charge in [-0.2, -0.15) is 0 Å². The van der Waals surface area contributed by atoms with Crippen LogP contribution in [0.1, 0.15) is 28.9 Å². The van der Waals surface area contributed by atoms with Crippen LogP contribution in [-0.4, -0.2) is 37.1 Å². The fourth-order valence-electron chi connectivity index (χ4n) is 1.92. The number of hydrogen-bond donors (Lipinski definition) is 1. The molecule has 5 heteroatoms. The molecule has 0 spiro atoms. The van der Waals surface area contributed by atoms with Crippen molar-refractivity contribution in [3.63, 3.8) is 0 Å². The van der Waals surface area contributed by atoms with Crippen LogP contribution in [0.25, 0.3) is 0 Å². The van der Waals surface area contributed by atoms with Gasteiger partial charge in [0.1, 0.15) is 0 Å². The first kappa shape index (κ1) is 13.5. The Morgan fingerprint density at radius 1 is 1.44 bits per heavy atom. The van der Waals surface area contributed by atoms with Gasteiger partial charge >= 0.3 is 0 Å². The van der Waals surface area contributed by atoms with Gasteiger partial charge in [-0.25, -0.2) is 0 Å². The van der Waals surface area contributed by atoms with Crippen LogP contribution in [0, 0.1) is 0 Å². The van der Waals surface area contributed by atoms with Gasteiger partial charge in [-0.05, 0) is 40.5 Å². The minimum Gasteiger partial charge on any atom is -0.378 e. The molecule has 1 unspecified atom stereocenters. The number of carbonyl (C=O) groups is 1. The number of nitrogens with two attached hydrogens (primary N) is 1. The van der Waals surface area contributed by atoms with E-state index in [9.17, 15) is 4.79 Å². The molecule has 1 fully saturated rings. The smallest absolute Gasteiger partial charge is 0.255 e. The highest BCUT2D eigenvalue weighted by atomic mass is 79.9. The Balaban J connectivity index is 2.19. The Bertz CT molecular complexity index is 443. The maximum atomic E-state index is 12.3. The second kappa shape index (κ2) is 5.82. The molecule has 1 amide bonds. The second-order valence-corrected chi connectivity index (χ2v) is 5.29. The number of amides is 1. The molecule has 1 aliphatic heterocycles. The molecular formula is C13H17BrN2O2. The molecule has 1 heterocycles. The zero-order valence-corrected chi connectivity index (χ0v) is 11.9. The van der Waals surface area contributed by atoms with Gasteiger partial charge in [0.15, 0.2) is 0 Å². The lowest BCUT2D eigenvalue weighted by atomic mass is 10.1. The van der Waals surface area contributed by atoms with Crippen LogP contribution < -0.4 is 5.73 Å². The predicted octanol–water partition coefficient (Wildman–Crippen LogP) is 1.94. The van der Waals surface area contributed by atoms with Crippen LogP contribution in [0.15, 0.2) is 22.7 Å². The lowest BCUT2D eigenvalue weighted by molar-refractivity contribution is 0.0302. The van der Waals surface area contributed by atoms with Gasteiger partial charge in [0.25, 0.3) is 5.91 Å². The van der Waals surface area contributed by atoms with E-state index < -0.39 is 0 Å². The van der Waals surface area contributed by atoms with Gasteiger partial charge in [-0.3, -0.25) is 4.79 Å². The summed E-state index contributed by atoms with van der Waals surface area (Å²) >= 11 is 3.45. The Morgan fingerprint density at radius 3 is 2.67 bits per heavy atom. The van der Waals surface area contributed by atoms with Gasteiger partial charge < -0.3 is 15.4 Å². The zero-order chi connectivity index (χ0) is 13.1. The number of nitrogens with zero attached hydrogens (tertiary/aromatic N) is 1. The molecule has 2 rings (SSSR count). The summed E-state index contributed by atoms with van der Waals surface area (Å²) in [4.78, 5) is 14.1. The lowest BCUT2D eigenvalue weighted by Gasteiger charge is -2.27. The van der Waals surface area contributed by atoms with Crippen molar-refractivity contribution in [2.45, 2.75) is 13.0 Å². The van der Waals surface area contributed by atoms with Crippen LogP contribution in [-0.2, 0) is 4.74 Å². The van der Waals surface area contributed by atoms with Gasteiger partial charge in [-0.1, -0.05) is 6.07 Å². The van der Waals surface area contributed by atoms with Crippen LogP contribution in [0.4, 0.5) is 0 Å². The minimum atomic E-state index is -0.0335. The molecule has 0 bridgehead atoms. The third-order valence-corrected chi connectivity index (χ3v) is 3.70. The maximum absolute atomic E-state index is 12.3. The summed E-state index contributed by atoms with van der Waals surface area (Å²) in [5, 5.41) is 0. The molecule has 1 atom stereocenters. The van der Waals surface area contributed by atoms with E-state index in [0.29, 0.717) is 31.9 Å². The number of halogens is 1. The molecule has 98 valence electrons. The molecule has 0 saturated carbocycles. The minimum absolute atomic E-state index is 0.0335. The summed E-state index contributed by atoms with van der Waals surface area (Å²) < 4.78 is 6.04. The van der Waals surface area contributed by atoms with Gasteiger partial charge in [0.05, 0.1) is 18.8 Å². The van der Waals surface area contributed by atoms with Crippen molar-refractivity contribution in [1.82, 2.24) is 4.90 Å². The van der Waals surface area contributed by atoms with Crippen molar-refractivity contribution in [2.75, 3.05) is 26.3 Å². The van der Waals surface area contributed by atoms with E-state index in [2.05, 4.69) is 15.9 Å². The van der Waals surface area contributed by atoms with E-state index in [-0.39, 0.29) is 11.9 Å². The average Bonchev–Trinajstić information content (AvgIpc) is 2.38. The van der Waals surface area contributed by atoms with Crippen LogP contribution in [0.3, 0.4) is 0 Å². The van der Waals surface area contributed by atoms with Crippen LogP contribution in [0.2, 0.25) is 0 Å². The number of rotatable bonds is 2. The Hall–Kier alpha value is -0.910. The van der Waals surface area contributed by atoms with Crippen molar-refractivity contribution < 1.29 is 9.53 Å². The van der Waals surface area contributed by atoms with Crippen molar-refractivity contribution in [3.8, 4) is 0 Å². The number of carbonyl (C=O) groups excluding carboxylic acids is 1. The first-order valence-electron chi connectivity index (χ1n) is 6.01. The topological polar surface area (TPSA) is 55.6 Å². The quantitative estimate of drug-likeness (QED) is 0.908. The monoisotopic (exact) mass is 312 g/mol. The second-order valence-electron chi connectivity index (χ2n) is 4.43. The van der Waals surface area contributed by atoms with E-state index in [4.69, 9.17) is 10.5 Å². The normalized spacial score (nSPS) is 17.6. The van der Waals surface area contributed by atoms with Gasteiger partial charge in [0, 0.05) is 23.6 Å². The highest BCUT2D eigenvalue weighted by Crippen LogP contribution is 2.23. The first-order chi connectivity index (χ1) is 8.59. The molecule has 0 radical (unpaired) electrons. The number of benzene rings is 1. The number of hydrogen-bond acceptors (Lipinski definition) is 3. The lowest BCUT2D eigenvalue weighted by Crippen LogP contribution is -2.40. The molecule has 1 aromatic carbocycles. The number of ether oxygens (including phenoxy) is 1. The summed E-state index contributed by atoms with van der Waals surface area (Å²) in [6.07, 6.45) is 0. The molecule has 18 heavy (non-hydrogen) atoms. The third-order valence-electron chi connectivity index (χ3n) is 3.05. The summed E-state index contributed by atoms with van der Waals surface area (Å²) in [6.45, 7) is 4.45. The Kier molecular flexibility index (Phi) is 4.37. The highest BCUT2D eigenvalue weighted by molar-refractivity contribution is 9.10. The van der Waals surface area contributed by atoms with Crippen LogP contribution in [0.5, 0.6) is 0 Å². The van der Waals surface area contributed by atoms with Gasteiger partial charge in [-0.15, -0.1) is 0 Å². The van der Waals surface area contributed by atoms with Gasteiger partial charge in [0.2, 0.25) is 0 Å². The van der Waals surface area contributed by atoms with E-state index in [1.165, 1.54) is 0 Å². The van der Waals surface area contributed by atoms with Crippen LogP contribution >= 0.6 is 15.9 Å². The molecule has 0 aliphatic carbocycles. The van der Waals surface area contributed by atoms with E-state index >= 15 is 0 Å². The average molecular weight is 313 g/mol. The molecule has 1 aliphatic rings. The predicted molar refractivity (Wildman–Crippen MR) is 73.5 cm³/mol. The first-order valence-corrected chi connectivity index (χ1v) is 6.81. The molecule has 0 aromatic heterocycles. The SMILES string of the molecule is CC(N)c1ccc(C(=O)N2CCOCC2)c(Br)c1. The Labute approximate surface area is 115 Å². The summed E-state index contributed by atoms with van der Waals surface area (Å²) in [5.74, 6) is 0.0430.